The molecule has 1 rings (SSSR count). The predicted molar refractivity (Wildman–Crippen MR) is 101 cm³/mol. The van der Waals surface area contributed by atoms with Crippen molar-refractivity contribution < 1.29 is 61.8 Å². The van der Waals surface area contributed by atoms with Gasteiger partial charge in [0.05, 0.1) is 5.92 Å². The van der Waals surface area contributed by atoms with Crippen LogP contribution >= 0.6 is 20.7 Å². The van der Waals surface area contributed by atoms with Crippen LogP contribution in [0.2, 0.25) is 0 Å². The Kier molecular flexibility index (Phi) is 9.57. The molecular weight excluding hydrogens is 608 g/mol. The Morgan fingerprint density at radius 3 is 1.64 bits per heavy atom. The summed E-state index contributed by atoms with van der Waals surface area (Å²) < 4.78 is 179. The van der Waals surface area contributed by atoms with Crippen molar-refractivity contribution in [2.45, 2.75) is 79.2 Å². The first-order valence-corrected chi connectivity index (χ1v) is 12.1. The van der Waals surface area contributed by atoms with Gasteiger partial charge in [-0.05, 0) is 26.7 Å². The molecule has 16 heteroatoms. The third-order valence-electron chi connectivity index (χ3n) is 5.42. The molecule has 198 valence electrons. The maximum absolute atomic E-state index is 15.1. The van der Waals surface area contributed by atoms with Crippen LogP contribution in [0.3, 0.4) is 0 Å². The Labute approximate surface area is 190 Å². The fourth-order valence-electron chi connectivity index (χ4n) is 3.39. The van der Waals surface area contributed by atoms with Crippen LogP contribution in [0.5, 0.6) is 0 Å². The second kappa shape index (κ2) is 10.3. The number of rotatable bonds is 8. The van der Waals surface area contributed by atoms with Gasteiger partial charge in [-0.3, -0.25) is 4.90 Å². The van der Waals surface area contributed by atoms with Crippen molar-refractivity contribution >= 4 is 25.2 Å². The third kappa shape index (κ3) is 6.64. The van der Waals surface area contributed by atoms with E-state index in [2.05, 4.69) is 9.25 Å². The Morgan fingerprint density at radius 2 is 1.30 bits per heavy atom. The van der Waals surface area contributed by atoms with E-state index < -0.39 is 105 Å². The molecule has 0 aromatic heterocycles. The maximum Gasteiger partial charge on any atom is 0.429 e. The fourth-order valence-corrected chi connectivity index (χ4v) is 4.98. The van der Waals surface area contributed by atoms with E-state index in [4.69, 9.17) is 0 Å². The number of ether oxygens (including phenoxy) is 1. The molecule has 2 nitrogen and oxygen atoms in total. The van der Waals surface area contributed by atoms with Crippen LogP contribution in [-0.2, 0) is 4.74 Å². The average molecular weight is 629 g/mol. The standard InChI is InChI=1S/C17H21F13INO/c1-8(33-9(2)14(20,21)11(31-3)16(25,26)27)13(19,17(28,29)30)12(18)32-6-4-10(5-7-32)15(22,23)24/h8-12H,3-7H2,1-2H3. The fraction of sp³-hybridized carbons (Fsp3) is 0.941. The van der Waals surface area contributed by atoms with Crippen LogP contribution in [0.1, 0.15) is 26.7 Å². The minimum atomic E-state index is -6.09. The molecular formula is C17H21F13INO. The van der Waals surface area contributed by atoms with Crippen LogP contribution in [-0.4, -0.2) is 75.1 Å². The summed E-state index contributed by atoms with van der Waals surface area (Å²) >= 11 is -2.48. The summed E-state index contributed by atoms with van der Waals surface area (Å²) in [5, 5.41) is 0. The van der Waals surface area contributed by atoms with Crippen molar-refractivity contribution in [3.05, 3.63) is 0 Å². The summed E-state index contributed by atoms with van der Waals surface area (Å²) in [4.78, 5) is 0.137. The van der Waals surface area contributed by atoms with Crippen molar-refractivity contribution in [2.24, 2.45) is 5.92 Å². The van der Waals surface area contributed by atoms with Crippen LogP contribution in [0.15, 0.2) is 0 Å². The highest BCUT2D eigenvalue weighted by Gasteiger charge is 2.68. The number of hydrogen-bond acceptors (Lipinski definition) is 2. The smallest absolute Gasteiger partial charge is 0.365 e. The number of alkyl halides is 14. The zero-order valence-electron chi connectivity index (χ0n) is 17.1. The van der Waals surface area contributed by atoms with E-state index in [9.17, 15) is 52.7 Å². The Balaban J connectivity index is 3.13. The summed E-state index contributed by atoms with van der Waals surface area (Å²) in [6.45, 7) is -1.34. The lowest BCUT2D eigenvalue weighted by Gasteiger charge is -2.43. The van der Waals surface area contributed by atoms with Gasteiger partial charge in [0.2, 0.25) is 0 Å². The number of halogens is 14. The van der Waals surface area contributed by atoms with Crippen molar-refractivity contribution in [3.63, 3.8) is 0 Å². The van der Waals surface area contributed by atoms with E-state index in [-0.39, 0.29) is 18.7 Å². The quantitative estimate of drug-likeness (QED) is 0.130. The van der Waals surface area contributed by atoms with Crippen molar-refractivity contribution in [2.75, 3.05) is 13.1 Å². The molecule has 0 bridgehead atoms. The normalized spacial score (nSPS) is 23.6. The van der Waals surface area contributed by atoms with Crippen LogP contribution < -0.4 is 0 Å². The van der Waals surface area contributed by atoms with Gasteiger partial charge in [-0.1, -0.05) is 4.51 Å². The lowest BCUT2D eigenvalue weighted by Crippen LogP contribution is -2.64. The average Bonchev–Trinajstić information content (AvgIpc) is 2.64. The predicted octanol–water partition coefficient (Wildman–Crippen LogP) is 6.59. The minimum absolute atomic E-state index is 0.137. The molecule has 1 aliphatic heterocycles. The maximum atomic E-state index is 15.1. The SMILES string of the molecule is C=IC(C(F)(F)F)C(F)(F)C(C)OC(C)C(F)(C(F)N1CCC(C(F)(F)F)CC1)C(F)(F)F. The Morgan fingerprint density at radius 1 is 0.848 bits per heavy atom. The zero-order chi connectivity index (χ0) is 26.2. The lowest BCUT2D eigenvalue weighted by molar-refractivity contribution is -0.316. The van der Waals surface area contributed by atoms with Gasteiger partial charge in [0.15, 0.2) is 10.2 Å². The molecule has 0 amide bonds. The van der Waals surface area contributed by atoms with Gasteiger partial charge in [-0.15, -0.1) is 20.7 Å². The molecule has 0 radical (unpaired) electrons. The zero-order valence-corrected chi connectivity index (χ0v) is 19.2. The van der Waals surface area contributed by atoms with Crippen molar-refractivity contribution in [3.8, 4) is 0 Å². The van der Waals surface area contributed by atoms with Gasteiger partial charge in [0.25, 0.3) is 11.6 Å². The highest BCUT2D eigenvalue weighted by Crippen LogP contribution is 2.47. The molecule has 1 heterocycles. The van der Waals surface area contributed by atoms with E-state index in [1.807, 2.05) is 0 Å². The molecule has 0 saturated carbocycles. The number of likely N-dealkylation sites (tertiary alicyclic amines) is 1. The first kappa shape index (κ1) is 30.6. The molecule has 1 fully saturated rings. The first-order valence-electron chi connectivity index (χ1n) is 9.29. The number of nitrogens with zero attached hydrogens (tertiary/aromatic N) is 1. The second-order valence-electron chi connectivity index (χ2n) is 7.61. The van der Waals surface area contributed by atoms with E-state index >= 15 is 4.39 Å². The molecule has 0 N–H and O–H groups in total. The first-order chi connectivity index (χ1) is 14.6. The van der Waals surface area contributed by atoms with E-state index in [1.165, 1.54) is 0 Å². The van der Waals surface area contributed by atoms with Crippen molar-refractivity contribution in [1.82, 2.24) is 4.90 Å². The molecule has 0 aromatic carbocycles. The minimum Gasteiger partial charge on any atom is -0.365 e. The monoisotopic (exact) mass is 629 g/mol. The molecule has 0 aliphatic carbocycles. The highest BCUT2D eigenvalue weighted by molar-refractivity contribution is 14.2. The Bertz CT molecular complexity index is 657. The lowest BCUT2D eigenvalue weighted by atomic mass is 9.91. The van der Waals surface area contributed by atoms with Gasteiger partial charge in [-0.2, -0.15) is 39.5 Å². The molecule has 0 spiro atoms. The van der Waals surface area contributed by atoms with E-state index in [1.54, 1.807) is 0 Å². The number of piperidine rings is 1. The van der Waals surface area contributed by atoms with Gasteiger partial charge in [-0.25, -0.2) is 17.6 Å². The molecule has 0 aromatic rings. The number of hydrogen-bond donors (Lipinski definition) is 0. The molecule has 5 atom stereocenters. The van der Waals surface area contributed by atoms with Crippen LogP contribution in [0.25, 0.3) is 0 Å². The van der Waals surface area contributed by atoms with Gasteiger partial charge >= 0.3 is 18.5 Å². The highest BCUT2D eigenvalue weighted by atomic mass is 127. The Hall–Kier alpha value is -0.390. The topological polar surface area (TPSA) is 12.5 Å². The molecule has 1 saturated heterocycles. The van der Waals surface area contributed by atoms with E-state index in [0.29, 0.717) is 0 Å². The van der Waals surface area contributed by atoms with Gasteiger partial charge < -0.3 is 4.74 Å². The molecule has 5 unspecified atom stereocenters. The van der Waals surface area contributed by atoms with Gasteiger partial charge in [0.1, 0.15) is 12.2 Å². The van der Waals surface area contributed by atoms with Crippen LogP contribution in [0.4, 0.5) is 57.1 Å². The summed E-state index contributed by atoms with van der Waals surface area (Å²) in [6.07, 6.45) is -27.6. The van der Waals surface area contributed by atoms with Gasteiger partial charge in [0, 0.05) is 13.1 Å². The summed E-state index contributed by atoms with van der Waals surface area (Å²) in [7, 11) is 0. The largest absolute Gasteiger partial charge is 0.429 e. The summed E-state index contributed by atoms with van der Waals surface area (Å²) in [5.74, 6) is -6.75. The van der Waals surface area contributed by atoms with Crippen molar-refractivity contribution in [1.29, 1.82) is 0 Å². The summed E-state index contributed by atoms with van der Waals surface area (Å²) in [5.41, 5.74) is -5.02. The van der Waals surface area contributed by atoms with E-state index in [0.717, 1.165) is 0 Å². The molecule has 1 aliphatic rings. The van der Waals surface area contributed by atoms with Crippen LogP contribution in [0, 0.1) is 5.92 Å². The summed E-state index contributed by atoms with van der Waals surface area (Å²) in [6, 6.07) is 0. The molecule has 33 heavy (non-hydrogen) atoms. The third-order valence-corrected chi connectivity index (χ3v) is 7.83. The second-order valence-corrected chi connectivity index (χ2v) is 9.73.